The van der Waals surface area contributed by atoms with Crippen molar-refractivity contribution in [2.45, 2.75) is 29.8 Å². The summed E-state index contributed by atoms with van der Waals surface area (Å²) in [6.45, 7) is 4.00. The fourth-order valence-corrected chi connectivity index (χ4v) is 3.61. The van der Waals surface area contributed by atoms with Gasteiger partial charge in [0.2, 0.25) is 0 Å². The average Bonchev–Trinajstić information content (AvgIpc) is 2.62. The molecule has 0 saturated carbocycles. The van der Waals surface area contributed by atoms with Crippen molar-refractivity contribution in [3.8, 4) is 0 Å². The quantitative estimate of drug-likeness (QED) is 0.344. The smallest absolute Gasteiger partial charge is 0.300 e. The molecule has 0 aliphatic rings. The van der Waals surface area contributed by atoms with Gasteiger partial charge >= 0.3 is 6.18 Å². The Kier molecular flexibility index (Phi) is 8.58. The number of nitrogens with one attached hydrogen (secondary N) is 1. The lowest BCUT2D eigenvalue weighted by Crippen LogP contribution is -2.12. The van der Waals surface area contributed by atoms with Crippen molar-refractivity contribution in [1.29, 1.82) is 0 Å². The van der Waals surface area contributed by atoms with Crippen LogP contribution in [0.4, 0.5) is 24.5 Å². The topological polar surface area (TPSA) is 72.2 Å². The molecule has 0 amide bonds. The van der Waals surface area contributed by atoms with Gasteiger partial charge in [0, 0.05) is 16.0 Å². The van der Waals surface area contributed by atoms with Crippen molar-refractivity contribution in [2.75, 3.05) is 11.0 Å². The molecule has 5 nitrogen and oxygen atoms in total. The van der Waals surface area contributed by atoms with Crippen molar-refractivity contribution in [3.05, 3.63) is 57.1 Å². The van der Waals surface area contributed by atoms with Crippen LogP contribution in [-0.4, -0.2) is 15.4 Å². The second kappa shape index (κ2) is 9.95. The monoisotopic (exact) mass is 440 g/mol. The third-order valence-corrected chi connectivity index (χ3v) is 5.17. The van der Waals surface area contributed by atoms with Crippen LogP contribution in [0.5, 0.6) is 0 Å². The fraction of sp³-hybridized carbons (Fsp3) is 0.250. The zero-order chi connectivity index (χ0) is 20.8. The Morgan fingerprint density at radius 2 is 1.81 bits per heavy atom. The molecular formula is C16H16ClF3N2O3S2. The zero-order valence-corrected chi connectivity index (χ0v) is 16.9. The van der Waals surface area contributed by atoms with Gasteiger partial charge in [0.05, 0.1) is 15.5 Å². The van der Waals surface area contributed by atoms with Gasteiger partial charge in [-0.2, -0.15) is 13.2 Å². The molecule has 0 spiro atoms. The van der Waals surface area contributed by atoms with E-state index >= 15 is 0 Å². The molecule has 11 heteroatoms. The highest BCUT2D eigenvalue weighted by Gasteiger charge is 2.38. The van der Waals surface area contributed by atoms with E-state index in [1.54, 1.807) is 18.4 Å². The second-order valence-corrected chi connectivity index (χ2v) is 7.15. The molecule has 0 aliphatic heterocycles. The van der Waals surface area contributed by atoms with Gasteiger partial charge in [0.25, 0.3) is 5.69 Å². The second-order valence-electron chi connectivity index (χ2n) is 4.65. The minimum atomic E-state index is -4.94. The fourth-order valence-electron chi connectivity index (χ4n) is 1.94. The number of benzene rings is 2. The van der Waals surface area contributed by atoms with Crippen LogP contribution in [0.25, 0.3) is 0 Å². The Balaban J connectivity index is 0.00000176. The van der Waals surface area contributed by atoms with Crippen molar-refractivity contribution in [1.82, 2.24) is 0 Å². The van der Waals surface area contributed by atoms with E-state index in [1.807, 2.05) is 13.8 Å². The van der Waals surface area contributed by atoms with Crippen molar-refractivity contribution >= 4 is 45.7 Å². The number of halogens is 4. The molecule has 0 aliphatic carbocycles. The molecule has 0 bridgehead atoms. The lowest BCUT2D eigenvalue weighted by Gasteiger charge is -2.12. The molecule has 1 N–H and O–H groups in total. The lowest BCUT2D eigenvalue weighted by molar-refractivity contribution is -0.388. The highest BCUT2D eigenvalue weighted by atomic mass is 35.5. The molecule has 0 radical (unpaired) electrons. The molecule has 2 aromatic carbocycles. The summed E-state index contributed by atoms with van der Waals surface area (Å²) in [5, 5.41) is 11.1. The maximum Gasteiger partial charge on any atom is 0.423 e. The average molecular weight is 441 g/mol. The van der Waals surface area contributed by atoms with Gasteiger partial charge in [-0.25, -0.2) is 4.21 Å². The van der Waals surface area contributed by atoms with Gasteiger partial charge < -0.3 is 0 Å². The lowest BCUT2D eigenvalue weighted by atomic mass is 10.2. The van der Waals surface area contributed by atoms with Crippen LogP contribution in [0, 0.1) is 10.1 Å². The van der Waals surface area contributed by atoms with Crippen LogP contribution in [0.3, 0.4) is 0 Å². The van der Waals surface area contributed by atoms with Gasteiger partial charge in [-0.1, -0.05) is 25.4 Å². The first-order valence-electron chi connectivity index (χ1n) is 7.51. The van der Waals surface area contributed by atoms with Crippen LogP contribution in [0.15, 0.2) is 46.2 Å². The Bertz CT molecular complexity index is 848. The van der Waals surface area contributed by atoms with Gasteiger partial charge in [0.15, 0.2) is 0 Å². The van der Waals surface area contributed by atoms with Gasteiger partial charge in [0.1, 0.15) is 16.5 Å². The molecule has 148 valence electrons. The Labute approximate surface area is 166 Å². The molecule has 1 unspecified atom stereocenters. The third kappa shape index (κ3) is 6.12. The number of thioether (sulfide) groups is 1. The molecule has 0 aromatic heterocycles. The number of nitro benzene ring substituents is 1. The molecule has 0 saturated heterocycles. The van der Waals surface area contributed by atoms with E-state index < -0.39 is 33.3 Å². The van der Waals surface area contributed by atoms with Crippen LogP contribution < -0.4 is 4.72 Å². The molecule has 1 atom stereocenters. The minimum absolute atomic E-state index is 0.245. The Morgan fingerprint density at radius 1 is 1.19 bits per heavy atom. The predicted molar refractivity (Wildman–Crippen MR) is 103 cm³/mol. The molecule has 0 fully saturated rings. The van der Waals surface area contributed by atoms with Crippen LogP contribution >= 0.6 is 23.4 Å². The summed E-state index contributed by atoms with van der Waals surface area (Å²) in [6, 6.07) is 6.98. The van der Waals surface area contributed by atoms with E-state index in [4.69, 9.17) is 11.6 Å². The van der Waals surface area contributed by atoms with E-state index in [9.17, 15) is 27.5 Å². The van der Waals surface area contributed by atoms with E-state index in [0.29, 0.717) is 27.7 Å². The number of hydrogen-bond acceptors (Lipinski definition) is 4. The SMILES string of the molecule is CC.CSc1ccc(Cl)cc1NS(=O)c1ccc([N+](=O)[O-])c(C(F)(F)F)c1. The predicted octanol–water partition coefficient (Wildman–Crippen LogP) is 6.15. The maximum atomic E-state index is 13.0. The van der Waals surface area contributed by atoms with Crippen molar-refractivity contribution < 1.29 is 22.3 Å². The number of nitrogens with zero attached hydrogens (tertiary/aromatic N) is 1. The minimum Gasteiger partial charge on any atom is -0.300 e. The van der Waals surface area contributed by atoms with Gasteiger partial charge in [-0.15, -0.1) is 11.8 Å². The molecule has 27 heavy (non-hydrogen) atoms. The highest BCUT2D eigenvalue weighted by molar-refractivity contribution is 7.98. The first-order valence-corrected chi connectivity index (χ1v) is 10.3. The molecule has 2 aromatic rings. The summed E-state index contributed by atoms with van der Waals surface area (Å²) in [5.41, 5.74) is -2.17. The first kappa shape index (κ1) is 23.3. The first-order chi connectivity index (χ1) is 12.6. The standard InChI is InChI=1S/C14H10ClF3N2O3S2.C2H6/c1-24-13-5-2-8(15)6-11(13)19-25(23)9-3-4-12(20(21)22)10(7-9)14(16,17)18;1-2/h2-7,19H,1H3;1-2H3. The number of rotatable bonds is 5. The number of nitro groups is 1. The van der Waals surface area contributed by atoms with E-state index in [1.165, 1.54) is 17.8 Å². The maximum absolute atomic E-state index is 13.0. The summed E-state index contributed by atoms with van der Waals surface area (Å²) < 4.78 is 54.0. The van der Waals surface area contributed by atoms with E-state index in [0.717, 1.165) is 6.07 Å². The van der Waals surface area contributed by atoms with E-state index in [2.05, 4.69) is 4.72 Å². The summed E-state index contributed by atoms with van der Waals surface area (Å²) in [7, 11) is -2.07. The Morgan fingerprint density at radius 3 is 2.33 bits per heavy atom. The van der Waals surface area contributed by atoms with Gasteiger partial charge in [-0.05, 0) is 36.6 Å². The summed E-state index contributed by atoms with van der Waals surface area (Å²) in [4.78, 5) is 10.1. The summed E-state index contributed by atoms with van der Waals surface area (Å²) >= 11 is 7.20. The number of anilines is 1. The molecular weight excluding hydrogens is 425 g/mol. The third-order valence-electron chi connectivity index (χ3n) is 3.05. The summed E-state index contributed by atoms with van der Waals surface area (Å²) in [5.74, 6) is 0. The highest BCUT2D eigenvalue weighted by Crippen LogP contribution is 2.37. The van der Waals surface area contributed by atoms with E-state index in [-0.39, 0.29) is 4.90 Å². The largest absolute Gasteiger partial charge is 0.423 e. The van der Waals surface area contributed by atoms with Crippen LogP contribution in [0.2, 0.25) is 5.02 Å². The van der Waals surface area contributed by atoms with Crippen LogP contribution in [0.1, 0.15) is 19.4 Å². The number of alkyl halides is 3. The van der Waals surface area contributed by atoms with Gasteiger partial charge in [-0.3, -0.25) is 14.8 Å². The van der Waals surface area contributed by atoms with Crippen molar-refractivity contribution in [2.24, 2.45) is 0 Å². The number of hydrogen-bond donors (Lipinski definition) is 1. The Hall–Kier alpha value is -1.78. The zero-order valence-electron chi connectivity index (χ0n) is 14.5. The summed E-state index contributed by atoms with van der Waals surface area (Å²) in [6.07, 6.45) is -3.17. The normalized spacial score (nSPS) is 12.0. The van der Waals surface area contributed by atoms with Crippen LogP contribution in [-0.2, 0) is 17.2 Å². The van der Waals surface area contributed by atoms with Crippen molar-refractivity contribution in [3.63, 3.8) is 0 Å². The molecule has 0 heterocycles. The molecule has 2 rings (SSSR count).